The average Bonchev–Trinajstić information content (AvgIpc) is 2.26. The largest absolute Gasteiger partial charge is 0.393 e. The first-order chi connectivity index (χ1) is 7.59. The molecule has 0 radical (unpaired) electrons. The van der Waals surface area contributed by atoms with Gasteiger partial charge in [0, 0.05) is 6.92 Å². The summed E-state index contributed by atoms with van der Waals surface area (Å²) < 4.78 is 4.52. The monoisotopic (exact) mass is 220 g/mol. The summed E-state index contributed by atoms with van der Waals surface area (Å²) in [6.45, 7) is 3.01. The molecule has 0 saturated heterocycles. The van der Waals surface area contributed by atoms with Gasteiger partial charge in [0.25, 0.3) is 0 Å². The first kappa shape index (κ1) is 12.4. The standard InChI is InChI=1S/C13H16O3/c1-10(13(15)16-11(2)14)8-9-12-6-4-3-5-7-12/h3-7,10H,8-9H2,1-2H3. The van der Waals surface area contributed by atoms with E-state index in [1.807, 2.05) is 30.3 Å². The first-order valence-electron chi connectivity index (χ1n) is 5.36. The topological polar surface area (TPSA) is 43.4 Å². The van der Waals surface area contributed by atoms with E-state index in [-0.39, 0.29) is 5.92 Å². The normalized spacial score (nSPS) is 11.9. The molecule has 0 aromatic heterocycles. The van der Waals surface area contributed by atoms with Gasteiger partial charge < -0.3 is 4.74 Å². The van der Waals surface area contributed by atoms with Crippen LogP contribution in [0.15, 0.2) is 30.3 Å². The van der Waals surface area contributed by atoms with Crippen molar-refractivity contribution in [2.45, 2.75) is 26.7 Å². The Morgan fingerprint density at radius 3 is 2.44 bits per heavy atom. The molecule has 86 valence electrons. The van der Waals surface area contributed by atoms with Crippen molar-refractivity contribution in [3.8, 4) is 0 Å². The molecule has 0 bridgehead atoms. The molecule has 0 aliphatic heterocycles. The van der Waals surface area contributed by atoms with Gasteiger partial charge in [0.1, 0.15) is 0 Å². The zero-order chi connectivity index (χ0) is 12.0. The molecule has 1 rings (SSSR count). The maximum Gasteiger partial charge on any atom is 0.316 e. The predicted molar refractivity (Wildman–Crippen MR) is 60.7 cm³/mol. The van der Waals surface area contributed by atoms with Gasteiger partial charge in [-0.1, -0.05) is 37.3 Å². The van der Waals surface area contributed by atoms with E-state index in [2.05, 4.69) is 4.74 Å². The second-order valence-corrected chi connectivity index (χ2v) is 3.84. The predicted octanol–water partition coefficient (Wildman–Crippen LogP) is 2.35. The highest BCUT2D eigenvalue weighted by molar-refractivity contribution is 5.85. The molecule has 0 aliphatic rings. The number of rotatable bonds is 4. The van der Waals surface area contributed by atoms with Crippen molar-refractivity contribution >= 4 is 11.9 Å². The summed E-state index contributed by atoms with van der Waals surface area (Å²) in [4.78, 5) is 21.9. The number of benzene rings is 1. The van der Waals surface area contributed by atoms with Crippen LogP contribution in [0.5, 0.6) is 0 Å². The molecule has 16 heavy (non-hydrogen) atoms. The fraction of sp³-hybridized carbons (Fsp3) is 0.385. The number of hydrogen-bond donors (Lipinski definition) is 0. The van der Waals surface area contributed by atoms with Gasteiger partial charge in [-0.05, 0) is 18.4 Å². The first-order valence-corrected chi connectivity index (χ1v) is 5.36. The Morgan fingerprint density at radius 2 is 1.88 bits per heavy atom. The van der Waals surface area contributed by atoms with Gasteiger partial charge >= 0.3 is 11.9 Å². The molecule has 0 spiro atoms. The Hall–Kier alpha value is -1.64. The molecule has 0 fully saturated rings. The molecule has 0 saturated carbocycles. The molecule has 1 unspecified atom stereocenters. The molecule has 0 amide bonds. The van der Waals surface area contributed by atoms with Crippen LogP contribution in [-0.4, -0.2) is 11.9 Å². The molecule has 1 aromatic rings. The fourth-order valence-corrected chi connectivity index (χ4v) is 1.39. The highest BCUT2D eigenvalue weighted by Gasteiger charge is 2.15. The maximum atomic E-state index is 11.3. The maximum absolute atomic E-state index is 11.3. The van der Waals surface area contributed by atoms with Crippen molar-refractivity contribution in [3.05, 3.63) is 35.9 Å². The van der Waals surface area contributed by atoms with E-state index in [4.69, 9.17) is 0 Å². The van der Waals surface area contributed by atoms with Gasteiger partial charge in [-0.3, -0.25) is 9.59 Å². The average molecular weight is 220 g/mol. The fourth-order valence-electron chi connectivity index (χ4n) is 1.39. The second-order valence-electron chi connectivity index (χ2n) is 3.84. The number of aryl methyl sites for hydroxylation is 1. The Morgan fingerprint density at radius 1 is 1.25 bits per heavy atom. The third-order valence-electron chi connectivity index (χ3n) is 2.36. The Kier molecular flexibility index (Phi) is 4.70. The summed E-state index contributed by atoms with van der Waals surface area (Å²) in [5, 5.41) is 0. The summed E-state index contributed by atoms with van der Waals surface area (Å²) in [6.07, 6.45) is 1.51. The van der Waals surface area contributed by atoms with E-state index in [0.717, 1.165) is 6.42 Å². The Labute approximate surface area is 95.4 Å². The third-order valence-corrected chi connectivity index (χ3v) is 2.36. The highest BCUT2D eigenvalue weighted by atomic mass is 16.6. The number of esters is 2. The molecule has 3 nitrogen and oxygen atoms in total. The van der Waals surface area contributed by atoms with Gasteiger partial charge in [-0.25, -0.2) is 0 Å². The molecular weight excluding hydrogens is 204 g/mol. The van der Waals surface area contributed by atoms with E-state index >= 15 is 0 Å². The van der Waals surface area contributed by atoms with Crippen LogP contribution < -0.4 is 0 Å². The summed E-state index contributed by atoms with van der Waals surface area (Å²) >= 11 is 0. The van der Waals surface area contributed by atoms with Gasteiger partial charge in [-0.2, -0.15) is 0 Å². The zero-order valence-electron chi connectivity index (χ0n) is 9.60. The van der Waals surface area contributed by atoms with Crippen LogP contribution in [0, 0.1) is 5.92 Å². The van der Waals surface area contributed by atoms with Crippen LogP contribution in [0.2, 0.25) is 0 Å². The summed E-state index contributed by atoms with van der Waals surface area (Å²) in [5.41, 5.74) is 1.19. The zero-order valence-corrected chi connectivity index (χ0v) is 9.60. The Balaban J connectivity index is 2.38. The molecule has 3 heteroatoms. The second kappa shape index (κ2) is 6.05. The molecule has 0 heterocycles. The lowest BCUT2D eigenvalue weighted by molar-refractivity contribution is -0.160. The molecule has 0 aliphatic carbocycles. The summed E-state index contributed by atoms with van der Waals surface area (Å²) in [7, 11) is 0. The van der Waals surface area contributed by atoms with E-state index < -0.39 is 11.9 Å². The lowest BCUT2D eigenvalue weighted by Gasteiger charge is -2.08. The van der Waals surface area contributed by atoms with Gasteiger partial charge in [0.05, 0.1) is 5.92 Å². The molecule has 1 atom stereocenters. The van der Waals surface area contributed by atoms with Crippen LogP contribution in [0.25, 0.3) is 0 Å². The van der Waals surface area contributed by atoms with Crippen molar-refractivity contribution in [1.82, 2.24) is 0 Å². The van der Waals surface area contributed by atoms with Crippen molar-refractivity contribution in [3.63, 3.8) is 0 Å². The quantitative estimate of drug-likeness (QED) is 0.578. The van der Waals surface area contributed by atoms with Gasteiger partial charge in [0.15, 0.2) is 0 Å². The minimum absolute atomic E-state index is 0.246. The van der Waals surface area contributed by atoms with Crippen LogP contribution >= 0.6 is 0 Å². The van der Waals surface area contributed by atoms with Crippen molar-refractivity contribution in [2.75, 3.05) is 0 Å². The SMILES string of the molecule is CC(=O)OC(=O)C(C)CCc1ccccc1. The van der Waals surface area contributed by atoms with Gasteiger partial charge in [0.2, 0.25) is 0 Å². The Bertz CT molecular complexity index is 357. The minimum Gasteiger partial charge on any atom is -0.393 e. The van der Waals surface area contributed by atoms with Crippen LogP contribution in [0.3, 0.4) is 0 Å². The van der Waals surface area contributed by atoms with Crippen molar-refractivity contribution in [2.24, 2.45) is 5.92 Å². The van der Waals surface area contributed by atoms with Crippen molar-refractivity contribution < 1.29 is 14.3 Å². The van der Waals surface area contributed by atoms with E-state index in [1.165, 1.54) is 12.5 Å². The molecular formula is C13H16O3. The number of ether oxygens (including phenoxy) is 1. The number of hydrogen-bond acceptors (Lipinski definition) is 3. The van der Waals surface area contributed by atoms with Crippen LogP contribution in [0.1, 0.15) is 25.8 Å². The van der Waals surface area contributed by atoms with Gasteiger partial charge in [-0.15, -0.1) is 0 Å². The number of carbonyl (C=O) groups is 2. The molecule has 0 N–H and O–H groups in total. The van der Waals surface area contributed by atoms with Crippen molar-refractivity contribution in [1.29, 1.82) is 0 Å². The van der Waals surface area contributed by atoms with E-state index in [1.54, 1.807) is 6.92 Å². The lowest BCUT2D eigenvalue weighted by atomic mass is 10.0. The van der Waals surface area contributed by atoms with Crippen LogP contribution in [-0.2, 0) is 20.7 Å². The third kappa shape index (κ3) is 4.26. The van der Waals surface area contributed by atoms with E-state index in [9.17, 15) is 9.59 Å². The minimum atomic E-state index is -0.545. The summed E-state index contributed by atoms with van der Waals surface area (Å²) in [5.74, 6) is -1.23. The summed E-state index contributed by atoms with van der Waals surface area (Å²) in [6, 6.07) is 9.92. The molecule has 1 aromatic carbocycles. The smallest absolute Gasteiger partial charge is 0.316 e. The van der Waals surface area contributed by atoms with Crippen LogP contribution in [0.4, 0.5) is 0 Å². The lowest BCUT2D eigenvalue weighted by Crippen LogP contribution is -2.18. The highest BCUT2D eigenvalue weighted by Crippen LogP contribution is 2.10. The number of carbonyl (C=O) groups excluding carboxylic acids is 2. The van der Waals surface area contributed by atoms with E-state index in [0.29, 0.717) is 6.42 Å².